The number of nitrogens with one attached hydrogen (secondary N) is 1. The van der Waals surface area contributed by atoms with E-state index in [1.807, 2.05) is 18.2 Å². The van der Waals surface area contributed by atoms with Gasteiger partial charge in [-0.15, -0.1) is 0 Å². The summed E-state index contributed by atoms with van der Waals surface area (Å²) in [6.07, 6.45) is 2.54. The van der Waals surface area contributed by atoms with Crippen molar-refractivity contribution in [3.05, 3.63) is 24.6 Å². The van der Waals surface area contributed by atoms with Gasteiger partial charge in [0, 0.05) is 17.3 Å². The highest BCUT2D eigenvalue weighted by Crippen LogP contribution is 2.22. The molecule has 0 aliphatic heterocycles. The quantitative estimate of drug-likeness (QED) is 0.832. The van der Waals surface area contributed by atoms with Gasteiger partial charge in [0.2, 0.25) is 0 Å². The largest absolute Gasteiger partial charge is 0.443 e. The van der Waals surface area contributed by atoms with Gasteiger partial charge in [-0.1, -0.05) is 6.92 Å². The summed E-state index contributed by atoms with van der Waals surface area (Å²) >= 11 is 0. The summed E-state index contributed by atoms with van der Waals surface area (Å²) in [6.45, 7) is 6.52. The Balaban J connectivity index is 2.28. The number of hydrogen-bond acceptors (Lipinski definition) is 3. The fourth-order valence-corrected chi connectivity index (χ4v) is 1.41. The second-order valence-corrected chi connectivity index (χ2v) is 4.40. The van der Waals surface area contributed by atoms with E-state index in [9.17, 15) is 0 Å². The van der Waals surface area contributed by atoms with Gasteiger partial charge in [-0.25, -0.2) is 4.98 Å². The van der Waals surface area contributed by atoms with Crippen LogP contribution in [0.4, 0.5) is 5.69 Å². The number of nitrogens with zero attached hydrogens (tertiary/aromatic N) is 1. The first-order chi connectivity index (χ1) is 7.11. The SMILES string of the molecule is CCC(C)(C)Nc1ccc2ncoc2c1. The van der Waals surface area contributed by atoms with Crippen molar-refractivity contribution >= 4 is 16.8 Å². The van der Waals surface area contributed by atoms with Crippen molar-refractivity contribution in [3.8, 4) is 0 Å². The molecule has 0 spiro atoms. The van der Waals surface area contributed by atoms with Crippen LogP contribution in [0, 0.1) is 0 Å². The van der Waals surface area contributed by atoms with Gasteiger partial charge in [0.15, 0.2) is 12.0 Å². The Kier molecular flexibility index (Phi) is 2.39. The lowest BCUT2D eigenvalue weighted by molar-refractivity contribution is 0.547. The van der Waals surface area contributed by atoms with Crippen LogP contribution >= 0.6 is 0 Å². The smallest absolute Gasteiger partial charge is 0.181 e. The summed E-state index contributed by atoms with van der Waals surface area (Å²) < 4.78 is 5.26. The highest BCUT2D eigenvalue weighted by Gasteiger charge is 2.14. The van der Waals surface area contributed by atoms with E-state index in [0.717, 1.165) is 23.2 Å². The molecular weight excluding hydrogens is 188 g/mol. The molecule has 0 bridgehead atoms. The van der Waals surface area contributed by atoms with Crippen molar-refractivity contribution in [1.29, 1.82) is 0 Å². The standard InChI is InChI=1S/C12H16N2O/c1-4-12(2,3)14-9-5-6-10-11(7-9)15-8-13-10/h5-8,14H,4H2,1-3H3. The predicted octanol–water partition coefficient (Wildman–Crippen LogP) is 3.43. The first kappa shape index (κ1) is 10.0. The van der Waals surface area contributed by atoms with E-state index < -0.39 is 0 Å². The van der Waals surface area contributed by atoms with Crippen LogP contribution in [0.3, 0.4) is 0 Å². The number of aromatic nitrogens is 1. The normalized spacial score (nSPS) is 11.9. The predicted molar refractivity (Wildman–Crippen MR) is 62.0 cm³/mol. The molecular formula is C12H16N2O. The molecule has 0 radical (unpaired) electrons. The molecule has 0 saturated carbocycles. The third-order valence-corrected chi connectivity index (χ3v) is 2.70. The number of oxazole rings is 1. The zero-order valence-electron chi connectivity index (χ0n) is 9.37. The molecule has 1 N–H and O–H groups in total. The summed E-state index contributed by atoms with van der Waals surface area (Å²) in [4.78, 5) is 4.08. The molecule has 3 nitrogen and oxygen atoms in total. The zero-order chi connectivity index (χ0) is 10.9. The summed E-state index contributed by atoms with van der Waals surface area (Å²) in [5, 5.41) is 3.46. The highest BCUT2D eigenvalue weighted by atomic mass is 16.3. The Bertz CT molecular complexity index is 459. The van der Waals surface area contributed by atoms with Crippen LogP contribution in [0.2, 0.25) is 0 Å². The molecule has 1 aromatic heterocycles. The summed E-state index contributed by atoms with van der Waals surface area (Å²) in [5.74, 6) is 0. The average molecular weight is 204 g/mol. The molecule has 0 aliphatic rings. The van der Waals surface area contributed by atoms with Gasteiger partial charge in [-0.3, -0.25) is 0 Å². The minimum atomic E-state index is 0.105. The molecule has 0 fully saturated rings. The molecule has 2 aromatic rings. The summed E-state index contributed by atoms with van der Waals surface area (Å²) in [5.41, 5.74) is 2.90. The Morgan fingerprint density at radius 1 is 1.40 bits per heavy atom. The molecule has 0 amide bonds. The first-order valence-electron chi connectivity index (χ1n) is 5.22. The summed E-state index contributed by atoms with van der Waals surface area (Å²) in [6, 6.07) is 5.98. The number of anilines is 1. The molecule has 0 unspecified atom stereocenters. The third-order valence-electron chi connectivity index (χ3n) is 2.70. The molecule has 3 heteroatoms. The molecule has 0 saturated heterocycles. The fourth-order valence-electron chi connectivity index (χ4n) is 1.41. The second-order valence-electron chi connectivity index (χ2n) is 4.40. The van der Waals surface area contributed by atoms with E-state index in [1.54, 1.807) is 0 Å². The Morgan fingerprint density at radius 3 is 2.93 bits per heavy atom. The van der Waals surface area contributed by atoms with Gasteiger partial charge in [0.1, 0.15) is 5.52 Å². The van der Waals surface area contributed by atoms with Crippen LogP contribution in [0.5, 0.6) is 0 Å². The van der Waals surface area contributed by atoms with Crippen molar-refractivity contribution in [2.24, 2.45) is 0 Å². The highest BCUT2D eigenvalue weighted by molar-refractivity contribution is 5.76. The number of hydrogen-bond donors (Lipinski definition) is 1. The molecule has 1 aromatic carbocycles. The number of rotatable bonds is 3. The minimum absolute atomic E-state index is 0.105. The van der Waals surface area contributed by atoms with Crippen LogP contribution in [0.1, 0.15) is 27.2 Å². The molecule has 1 heterocycles. The van der Waals surface area contributed by atoms with Crippen LogP contribution in [0.25, 0.3) is 11.1 Å². The van der Waals surface area contributed by atoms with E-state index in [0.29, 0.717) is 0 Å². The fraction of sp³-hybridized carbons (Fsp3) is 0.417. The van der Waals surface area contributed by atoms with Crippen molar-refractivity contribution in [1.82, 2.24) is 4.98 Å². The average Bonchev–Trinajstić information content (AvgIpc) is 2.64. The van der Waals surface area contributed by atoms with Gasteiger partial charge in [-0.05, 0) is 32.4 Å². The van der Waals surface area contributed by atoms with Crippen LogP contribution in [-0.4, -0.2) is 10.5 Å². The maximum absolute atomic E-state index is 5.26. The second kappa shape index (κ2) is 3.57. The topological polar surface area (TPSA) is 38.1 Å². The van der Waals surface area contributed by atoms with Crippen molar-refractivity contribution in [3.63, 3.8) is 0 Å². The van der Waals surface area contributed by atoms with Crippen LogP contribution < -0.4 is 5.32 Å². The van der Waals surface area contributed by atoms with Crippen molar-refractivity contribution < 1.29 is 4.42 Å². The summed E-state index contributed by atoms with van der Waals surface area (Å²) in [7, 11) is 0. The van der Waals surface area contributed by atoms with Gasteiger partial charge in [0.25, 0.3) is 0 Å². The molecule has 80 valence electrons. The lowest BCUT2D eigenvalue weighted by atomic mass is 10.0. The number of fused-ring (bicyclic) bond motifs is 1. The maximum atomic E-state index is 5.26. The van der Waals surface area contributed by atoms with Gasteiger partial charge in [-0.2, -0.15) is 0 Å². The first-order valence-corrected chi connectivity index (χ1v) is 5.22. The molecule has 15 heavy (non-hydrogen) atoms. The number of benzene rings is 1. The molecule has 2 rings (SSSR count). The van der Waals surface area contributed by atoms with Gasteiger partial charge < -0.3 is 9.73 Å². The van der Waals surface area contributed by atoms with E-state index in [1.165, 1.54) is 6.39 Å². The van der Waals surface area contributed by atoms with Crippen molar-refractivity contribution in [2.75, 3.05) is 5.32 Å². The van der Waals surface area contributed by atoms with E-state index in [2.05, 4.69) is 31.1 Å². The van der Waals surface area contributed by atoms with E-state index >= 15 is 0 Å². The zero-order valence-corrected chi connectivity index (χ0v) is 9.37. The molecule has 0 atom stereocenters. The van der Waals surface area contributed by atoms with Crippen molar-refractivity contribution in [2.45, 2.75) is 32.7 Å². The lowest BCUT2D eigenvalue weighted by Gasteiger charge is -2.25. The Morgan fingerprint density at radius 2 is 2.20 bits per heavy atom. The lowest BCUT2D eigenvalue weighted by Crippen LogP contribution is -2.29. The third kappa shape index (κ3) is 2.12. The van der Waals surface area contributed by atoms with Gasteiger partial charge >= 0.3 is 0 Å². The monoisotopic (exact) mass is 204 g/mol. The Hall–Kier alpha value is -1.51. The maximum Gasteiger partial charge on any atom is 0.181 e. The van der Waals surface area contributed by atoms with E-state index in [-0.39, 0.29) is 5.54 Å². The van der Waals surface area contributed by atoms with Gasteiger partial charge in [0.05, 0.1) is 0 Å². The minimum Gasteiger partial charge on any atom is -0.443 e. The Labute approximate surface area is 89.5 Å². The van der Waals surface area contributed by atoms with E-state index in [4.69, 9.17) is 4.42 Å². The van der Waals surface area contributed by atoms with Crippen LogP contribution in [0.15, 0.2) is 29.0 Å². The van der Waals surface area contributed by atoms with Crippen LogP contribution in [-0.2, 0) is 0 Å². The molecule has 0 aliphatic carbocycles.